The van der Waals surface area contributed by atoms with Crippen molar-refractivity contribution in [3.8, 4) is 16.9 Å². The SMILES string of the molecule is C=C/C=c1/nc(-c2cn[nH]c2)cc(-n2ccnc2)/c1=C/C. The molecule has 0 aliphatic rings. The first-order valence-corrected chi connectivity index (χ1v) is 6.61. The van der Waals surface area contributed by atoms with Gasteiger partial charge in [0.1, 0.15) is 0 Å². The third-order valence-electron chi connectivity index (χ3n) is 3.21. The van der Waals surface area contributed by atoms with Crippen molar-refractivity contribution >= 4 is 12.2 Å². The van der Waals surface area contributed by atoms with Crippen LogP contribution in [-0.2, 0) is 0 Å². The predicted molar refractivity (Wildman–Crippen MR) is 83.0 cm³/mol. The zero-order chi connectivity index (χ0) is 14.7. The third kappa shape index (κ3) is 2.41. The molecule has 0 aromatic carbocycles. The first kappa shape index (κ1) is 13.1. The molecule has 5 nitrogen and oxygen atoms in total. The summed E-state index contributed by atoms with van der Waals surface area (Å²) in [6.07, 6.45) is 14.7. The average molecular weight is 277 g/mol. The summed E-state index contributed by atoms with van der Waals surface area (Å²) in [6.45, 7) is 5.76. The van der Waals surface area contributed by atoms with Gasteiger partial charge in [0.05, 0.1) is 29.3 Å². The molecule has 0 radical (unpaired) electrons. The Balaban J connectivity index is 2.37. The summed E-state index contributed by atoms with van der Waals surface area (Å²) in [5.74, 6) is 0. The first-order valence-electron chi connectivity index (χ1n) is 6.61. The fourth-order valence-electron chi connectivity index (χ4n) is 2.25. The fourth-order valence-corrected chi connectivity index (χ4v) is 2.25. The van der Waals surface area contributed by atoms with Gasteiger partial charge in [0.25, 0.3) is 0 Å². The van der Waals surface area contributed by atoms with Crippen molar-refractivity contribution in [1.29, 1.82) is 0 Å². The monoisotopic (exact) mass is 277 g/mol. The van der Waals surface area contributed by atoms with Crippen molar-refractivity contribution in [2.24, 2.45) is 0 Å². The van der Waals surface area contributed by atoms with E-state index in [1.165, 1.54) is 0 Å². The number of nitrogens with zero attached hydrogens (tertiary/aromatic N) is 4. The van der Waals surface area contributed by atoms with Crippen LogP contribution in [0.2, 0.25) is 0 Å². The lowest BCUT2D eigenvalue weighted by Gasteiger charge is -2.07. The van der Waals surface area contributed by atoms with Crippen LogP contribution in [0.3, 0.4) is 0 Å². The second kappa shape index (κ2) is 5.58. The van der Waals surface area contributed by atoms with E-state index < -0.39 is 0 Å². The van der Waals surface area contributed by atoms with Crippen LogP contribution in [0.4, 0.5) is 0 Å². The summed E-state index contributed by atoms with van der Waals surface area (Å²) >= 11 is 0. The number of aromatic amines is 1. The van der Waals surface area contributed by atoms with Gasteiger partial charge in [-0.05, 0) is 19.1 Å². The Morgan fingerprint density at radius 3 is 2.90 bits per heavy atom. The van der Waals surface area contributed by atoms with Gasteiger partial charge in [0.15, 0.2) is 0 Å². The Labute approximate surface area is 122 Å². The maximum atomic E-state index is 4.69. The lowest BCUT2D eigenvalue weighted by molar-refractivity contribution is 1.02. The molecule has 1 N–H and O–H groups in total. The van der Waals surface area contributed by atoms with Gasteiger partial charge in [-0.1, -0.05) is 18.7 Å². The van der Waals surface area contributed by atoms with E-state index >= 15 is 0 Å². The number of nitrogens with one attached hydrogen (secondary N) is 1. The van der Waals surface area contributed by atoms with E-state index in [0.29, 0.717) is 0 Å². The molecule has 0 saturated heterocycles. The predicted octanol–water partition coefficient (Wildman–Crippen LogP) is 1.42. The van der Waals surface area contributed by atoms with E-state index in [4.69, 9.17) is 4.98 Å². The lowest BCUT2D eigenvalue weighted by Crippen LogP contribution is -2.32. The van der Waals surface area contributed by atoms with Gasteiger partial charge in [-0.3, -0.25) is 5.10 Å². The molecule has 0 fully saturated rings. The highest BCUT2D eigenvalue weighted by Gasteiger charge is 2.07. The summed E-state index contributed by atoms with van der Waals surface area (Å²) in [6, 6.07) is 2.03. The standard InChI is InChI=1S/C16H15N5/c1-3-5-14-13(4-2)16(21-7-6-17-11-21)8-15(20-14)12-9-18-19-10-12/h3-11H,1H2,2H3,(H,18,19)/b13-4+,14-5+. The Morgan fingerprint density at radius 2 is 2.29 bits per heavy atom. The van der Waals surface area contributed by atoms with Crippen molar-refractivity contribution in [1.82, 2.24) is 24.7 Å². The fraction of sp³-hybridized carbons (Fsp3) is 0.0625. The van der Waals surface area contributed by atoms with Crippen molar-refractivity contribution < 1.29 is 0 Å². The molecule has 3 aromatic heterocycles. The van der Waals surface area contributed by atoms with Crippen molar-refractivity contribution in [2.75, 3.05) is 0 Å². The maximum Gasteiger partial charge on any atom is 0.0991 e. The Kier molecular flexibility index (Phi) is 3.47. The second-order valence-electron chi connectivity index (χ2n) is 4.47. The Hall–Kier alpha value is -2.95. The summed E-state index contributed by atoms with van der Waals surface area (Å²) in [5.41, 5.74) is 2.82. The van der Waals surface area contributed by atoms with Crippen molar-refractivity contribution in [3.05, 3.63) is 60.4 Å². The zero-order valence-corrected chi connectivity index (χ0v) is 11.7. The molecule has 0 aliphatic carbocycles. The number of rotatable bonds is 3. The van der Waals surface area contributed by atoms with Crippen LogP contribution in [0, 0.1) is 0 Å². The number of H-pyrrole nitrogens is 1. The molecule has 0 saturated carbocycles. The van der Waals surface area contributed by atoms with E-state index in [2.05, 4.69) is 21.8 Å². The molecule has 3 heterocycles. The van der Waals surface area contributed by atoms with Crippen molar-refractivity contribution in [2.45, 2.75) is 6.92 Å². The van der Waals surface area contributed by atoms with Gasteiger partial charge in [-0.15, -0.1) is 0 Å². The zero-order valence-electron chi connectivity index (χ0n) is 11.7. The third-order valence-corrected chi connectivity index (χ3v) is 3.21. The number of allylic oxidation sites excluding steroid dienone is 1. The number of hydrogen-bond donors (Lipinski definition) is 1. The molecular weight excluding hydrogens is 262 g/mol. The molecule has 0 aliphatic heterocycles. The Bertz CT molecular complexity index is 858. The van der Waals surface area contributed by atoms with Crippen LogP contribution in [0.1, 0.15) is 6.92 Å². The van der Waals surface area contributed by atoms with Gasteiger partial charge in [-0.2, -0.15) is 5.10 Å². The number of hydrogen-bond acceptors (Lipinski definition) is 3. The van der Waals surface area contributed by atoms with Crippen LogP contribution < -0.4 is 10.6 Å². The highest BCUT2D eigenvalue weighted by Crippen LogP contribution is 2.14. The normalized spacial score (nSPS) is 12.8. The second-order valence-corrected chi connectivity index (χ2v) is 4.47. The van der Waals surface area contributed by atoms with Gasteiger partial charge >= 0.3 is 0 Å². The van der Waals surface area contributed by atoms with Gasteiger partial charge in [0.2, 0.25) is 0 Å². The van der Waals surface area contributed by atoms with E-state index in [1.807, 2.05) is 42.1 Å². The molecule has 3 aromatic rings. The minimum Gasteiger partial charge on any atom is -0.306 e. The number of pyridine rings is 1. The van der Waals surface area contributed by atoms with Gasteiger partial charge in [-0.25, -0.2) is 9.97 Å². The van der Waals surface area contributed by atoms with Gasteiger partial charge in [0, 0.05) is 29.4 Å². The summed E-state index contributed by atoms with van der Waals surface area (Å²) in [7, 11) is 0. The summed E-state index contributed by atoms with van der Waals surface area (Å²) in [4.78, 5) is 8.82. The molecule has 0 bridgehead atoms. The highest BCUT2D eigenvalue weighted by atomic mass is 15.1. The number of imidazole rings is 1. The molecule has 0 atom stereocenters. The molecule has 0 unspecified atom stereocenters. The molecular formula is C16H15N5. The lowest BCUT2D eigenvalue weighted by atomic mass is 10.1. The minimum atomic E-state index is 0.853. The molecule has 21 heavy (non-hydrogen) atoms. The van der Waals surface area contributed by atoms with E-state index in [1.54, 1.807) is 24.8 Å². The maximum absolute atomic E-state index is 4.69. The average Bonchev–Trinajstić information content (AvgIpc) is 3.20. The van der Waals surface area contributed by atoms with E-state index in [-0.39, 0.29) is 0 Å². The first-order chi connectivity index (χ1) is 10.3. The molecule has 3 rings (SSSR count). The molecule has 5 heteroatoms. The van der Waals surface area contributed by atoms with E-state index in [0.717, 1.165) is 27.5 Å². The summed E-state index contributed by atoms with van der Waals surface area (Å²) < 4.78 is 1.97. The quantitative estimate of drug-likeness (QED) is 0.787. The van der Waals surface area contributed by atoms with E-state index in [9.17, 15) is 0 Å². The topological polar surface area (TPSA) is 59.4 Å². The largest absolute Gasteiger partial charge is 0.306 e. The van der Waals surface area contributed by atoms with Crippen LogP contribution in [0.5, 0.6) is 0 Å². The smallest absolute Gasteiger partial charge is 0.0991 e. The Morgan fingerprint density at radius 1 is 1.38 bits per heavy atom. The molecule has 0 amide bonds. The van der Waals surface area contributed by atoms with Gasteiger partial charge < -0.3 is 4.57 Å². The molecule has 0 spiro atoms. The van der Waals surface area contributed by atoms with Crippen LogP contribution in [0.15, 0.2) is 49.8 Å². The van der Waals surface area contributed by atoms with Crippen molar-refractivity contribution in [3.63, 3.8) is 0 Å². The van der Waals surface area contributed by atoms with Crippen LogP contribution in [-0.4, -0.2) is 24.7 Å². The van der Waals surface area contributed by atoms with Crippen LogP contribution >= 0.6 is 0 Å². The molecule has 104 valence electrons. The highest BCUT2D eigenvalue weighted by molar-refractivity contribution is 5.61. The minimum absolute atomic E-state index is 0.853. The number of aromatic nitrogens is 5. The van der Waals surface area contributed by atoms with Crippen LogP contribution in [0.25, 0.3) is 29.1 Å². The summed E-state index contributed by atoms with van der Waals surface area (Å²) in [5, 5.41) is 8.71.